The second-order valence-electron chi connectivity index (χ2n) is 3.26. The summed E-state index contributed by atoms with van der Waals surface area (Å²) in [5, 5.41) is 9.25. The minimum atomic E-state index is -0.0208. The van der Waals surface area contributed by atoms with Gasteiger partial charge in [-0.2, -0.15) is 4.57 Å². The third-order valence-electron chi connectivity index (χ3n) is 2.02. The summed E-state index contributed by atoms with van der Waals surface area (Å²) in [6.07, 6.45) is 3.24. The van der Waals surface area contributed by atoms with Crippen molar-refractivity contribution in [2.75, 3.05) is 0 Å². The van der Waals surface area contributed by atoms with Gasteiger partial charge < -0.3 is 5.11 Å². The molecule has 0 atom stereocenters. The number of Topliss-reactive ketones (excluding diaryl/α,β-unsaturated/α-hetero) is 1. The van der Waals surface area contributed by atoms with E-state index >= 15 is 0 Å². The fraction of sp³-hybridized carbons (Fsp3) is 0.0909. The maximum atomic E-state index is 11.8. The molecule has 0 saturated carbocycles. The molecule has 0 aromatic carbocycles. The molecule has 82 valence electrons. The minimum absolute atomic E-state index is 0.0208. The van der Waals surface area contributed by atoms with Crippen molar-refractivity contribution in [1.29, 1.82) is 0 Å². The van der Waals surface area contributed by atoms with E-state index in [-0.39, 0.29) is 18.1 Å². The van der Waals surface area contributed by atoms with Gasteiger partial charge in [-0.05, 0) is 18.2 Å². The number of carbonyl (C=O) groups is 1. The second kappa shape index (κ2) is 4.63. The first kappa shape index (κ1) is 11.1. The molecule has 0 aliphatic heterocycles. The van der Waals surface area contributed by atoms with Crippen LogP contribution in [0.5, 0.6) is 5.75 Å². The van der Waals surface area contributed by atoms with Gasteiger partial charge in [0.25, 0.3) is 0 Å². The van der Waals surface area contributed by atoms with E-state index in [0.717, 1.165) is 0 Å². The highest BCUT2D eigenvalue weighted by molar-refractivity contribution is 7.18. The lowest BCUT2D eigenvalue weighted by atomic mass is 10.3. The van der Waals surface area contributed by atoms with E-state index in [4.69, 9.17) is 11.6 Å². The SMILES string of the molecule is O=C(C[n+]1cccc(O)c1)c1ccc(Cl)s1. The summed E-state index contributed by atoms with van der Waals surface area (Å²) >= 11 is 7.01. The van der Waals surface area contributed by atoms with Crippen molar-refractivity contribution >= 4 is 28.7 Å². The van der Waals surface area contributed by atoms with E-state index in [9.17, 15) is 9.90 Å². The first-order valence-electron chi connectivity index (χ1n) is 4.62. The van der Waals surface area contributed by atoms with Crippen LogP contribution in [-0.2, 0) is 6.54 Å². The molecular weight excluding hydrogens is 246 g/mol. The summed E-state index contributed by atoms with van der Waals surface area (Å²) < 4.78 is 2.23. The Kier molecular flexibility index (Phi) is 3.22. The van der Waals surface area contributed by atoms with Crippen LogP contribution in [0.2, 0.25) is 4.34 Å². The molecule has 0 spiro atoms. The van der Waals surface area contributed by atoms with Gasteiger partial charge in [-0.1, -0.05) is 11.6 Å². The lowest BCUT2D eigenvalue weighted by Gasteiger charge is -1.95. The van der Waals surface area contributed by atoms with E-state index in [1.165, 1.54) is 17.5 Å². The van der Waals surface area contributed by atoms with Crippen LogP contribution >= 0.6 is 22.9 Å². The summed E-state index contributed by atoms with van der Waals surface area (Å²) in [5.74, 6) is 0.118. The topological polar surface area (TPSA) is 41.2 Å². The van der Waals surface area contributed by atoms with Gasteiger partial charge >= 0.3 is 0 Å². The largest absolute Gasteiger partial charge is 0.503 e. The zero-order valence-electron chi connectivity index (χ0n) is 8.26. The highest BCUT2D eigenvalue weighted by atomic mass is 35.5. The molecule has 0 amide bonds. The maximum Gasteiger partial charge on any atom is 0.237 e. The van der Waals surface area contributed by atoms with Crippen molar-refractivity contribution < 1.29 is 14.5 Å². The number of nitrogens with zero attached hydrogens (tertiary/aromatic N) is 1. The highest BCUT2D eigenvalue weighted by Gasteiger charge is 2.14. The molecular formula is C11H9ClNO2S+. The lowest BCUT2D eigenvalue weighted by molar-refractivity contribution is -0.683. The number of pyridine rings is 1. The number of rotatable bonds is 3. The maximum absolute atomic E-state index is 11.8. The van der Waals surface area contributed by atoms with E-state index in [0.29, 0.717) is 9.21 Å². The number of halogens is 1. The van der Waals surface area contributed by atoms with Crippen molar-refractivity contribution in [1.82, 2.24) is 0 Å². The van der Waals surface area contributed by atoms with E-state index < -0.39 is 0 Å². The summed E-state index contributed by atoms with van der Waals surface area (Å²) in [6, 6.07) is 6.65. The molecule has 0 radical (unpaired) electrons. The molecule has 2 heterocycles. The molecule has 2 rings (SSSR count). The first-order valence-corrected chi connectivity index (χ1v) is 5.81. The molecule has 3 nitrogen and oxygen atoms in total. The number of carbonyl (C=O) groups excluding carboxylic acids is 1. The summed E-state index contributed by atoms with van der Waals surface area (Å²) in [6.45, 7) is 0.200. The van der Waals surface area contributed by atoms with Crippen LogP contribution < -0.4 is 4.57 Å². The van der Waals surface area contributed by atoms with Crippen molar-refractivity contribution in [2.24, 2.45) is 0 Å². The van der Waals surface area contributed by atoms with Crippen LogP contribution in [0, 0.1) is 0 Å². The van der Waals surface area contributed by atoms with Crippen LogP contribution in [0.1, 0.15) is 9.67 Å². The number of aromatic hydroxyl groups is 1. The van der Waals surface area contributed by atoms with Gasteiger partial charge in [0.2, 0.25) is 18.5 Å². The monoisotopic (exact) mass is 254 g/mol. The van der Waals surface area contributed by atoms with Gasteiger partial charge in [-0.25, -0.2) is 0 Å². The van der Waals surface area contributed by atoms with E-state index in [1.54, 1.807) is 35.0 Å². The standard InChI is InChI=1S/C11H8ClNO2S/c12-11-4-3-10(16-11)9(15)7-13-5-1-2-8(14)6-13/h1-6H,7H2/p+1. The van der Waals surface area contributed by atoms with E-state index in [1.807, 2.05) is 0 Å². The number of ketones is 1. The van der Waals surface area contributed by atoms with Gasteiger partial charge in [-0.15, -0.1) is 11.3 Å². The molecule has 0 aliphatic carbocycles. The molecule has 16 heavy (non-hydrogen) atoms. The van der Waals surface area contributed by atoms with Gasteiger partial charge in [-0.3, -0.25) is 4.79 Å². The van der Waals surface area contributed by atoms with Crippen molar-refractivity contribution in [3.05, 3.63) is 45.9 Å². The average Bonchev–Trinajstić information content (AvgIpc) is 2.65. The van der Waals surface area contributed by atoms with Crippen LogP contribution in [0.15, 0.2) is 36.7 Å². The normalized spacial score (nSPS) is 10.3. The first-order chi connectivity index (χ1) is 7.65. The summed E-state index contributed by atoms with van der Waals surface area (Å²) in [4.78, 5) is 12.4. The molecule has 0 unspecified atom stereocenters. The quantitative estimate of drug-likeness (QED) is 0.674. The van der Waals surface area contributed by atoms with Crippen LogP contribution in [0.25, 0.3) is 0 Å². The number of aromatic nitrogens is 1. The predicted octanol–water partition coefficient (Wildman–Crippen LogP) is 2.28. The average molecular weight is 255 g/mol. The van der Waals surface area contributed by atoms with Gasteiger partial charge in [0.15, 0.2) is 11.9 Å². The molecule has 0 fully saturated rings. The Hall–Kier alpha value is -1.39. The minimum Gasteiger partial charge on any atom is -0.503 e. The van der Waals surface area contributed by atoms with E-state index in [2.05, 4.69) is 0 Å². The van der Waals surface area contributed by atoms with Crippen LogP contribution in [-0.4, -0.2) is 10.9 Å². The zero-order valence-corrected chi connectivity index (χ0v) is 9.83. The Labute approximate surface area is 102 Å². The molecule has 2 aromatic heterocycles. The predicted molar refractivity (Wildman–Crippen MR) is 62.0 cm³/mol. The third-order valence-corrected chi connectivity index (χ3v) is 3.29. The molecule has 2 aromatic rings. The van der Waals surface area contributed by atoms with Crippen molar-refractivity contribution in [3.63, 3.8) is 0 Å². The Balaban J connectivity index is 2.13. The Morgan fingerprint density at radius 3 is 2.88 bits per heavy atom. The van der Waals surface area contributed by atoms with Gasteiger partial charge in [0.1, 0.15) is 0 Å². The number of thiophene rings is 1. The second-order valence-corrected chi connectivity index (χ2v) is 4.98. The molecule has 0 aliphatic rings. The fourth-order valence-electron chi connectivity index (χ4n) is 1.31. The summed E-state index contributed by atoms with van der Waals surface area (Å²) in [7, 11) is 0. The van der Waals surface area contributed by atoms with Gasteiger partial charge in [0.05, 0.1) is 9.21 Å². The van der Waals surface area contributed by atoms with Crippen LogP contribution in [0.3, 0.4) is 0 Å². The Bertz CT molecular complexity index is 524. The van der Waals surface area contributed by atoms with Crippen molar-refractivity contribution in [3.8, 4) is 5.75 Å². The molecule has 1 N–H and O–H groups in total. The molecule has 0 saturated heterocycles. The zero-order chi connectivity index (χ0) is 11.5. The highest BCUT2D eigenvalue weighted by Crippen LogP contribution is 2.21. The molecule has 5 heteroatoms. The van der Waals surface area contributed by atoms with Crippen LogP contribution in [0.4, 0.5) is 0 Å². The smallest absolute Gasteiger partial charge is 0.237 e. The van der Waals surface area contributed by atoms with Gasteiger partial charge in [0, 0.05) is 6.07 Å². The molecule has 0 bridgehead atoms. The van der Waals surface area contributed by atoms with Crippen molar-refractivity contribution in [2.45, 2.75) is 6.54 Å². The fourth-order valence-corrected chi connectivity index (χ4v) is 2.29. The third kappa shape index (κ3) is 2.59. The Morgan fingerprint density at radius 1 is 1.44 bits per heavy atom. The Morgan fingerprint density at radius 2 is 2.25 bits per heavy atom. The summed E-state index contributed by atoms with van der Waals surface area (Å²) in [5.41, 5.74) is 0. The number of hydrogen-bond acceptors (Lipinski definition) is 3. The lowest BCUT2D eigenvalue weighted by Crippen LogP contribution is -2.36. The number of hydrogen-bond donors (Lipinski definition) is 1.